The highest BCUT2D eigenvalue weighted by molar-refractivity contribution is 5.22. The fraction of sp³-hybridized carbons (Fsp3) is 0.286. The Morgan fingerprint density at radius 1 is 1.58 bits per heavy atom. The minimum atomic E-state index is -2.05. The van der Waals surface area contributed by atoms with Crippen molar-refractivity contribution in [3.63, 3.8) is 0 Å². The molecule has 0 saturated heterocycles. The predicted octanol–water partition coefficient (Wildman–Crippen LogP) is 0.449. The Balaban J connectivity index is 3.02. The maximum absolute atomic E-state index is 12.9. The lowest BCUT2D eigenvalue weighted by atomic mass is 10.3. The van der Waals surface area contributed by atoms with Gasteiger partial charge in [0.25, 0.3) is 0 Å². The molecule has 1 atom stereocenters. The molecular weight excluding hydrogens is 159 g/mol. The van der Waals surface area contributed by atoms with E-state index in [1.54, 1.807) is 0 Å². The van der Waals surface area contributed by atoms with Gasteiger partial charge in [-0.2, -0.15) is 5.26 Å². The van der Waals surface area contributed by atoms with E-state index in [4.69, 9.17) is 11.0 Å². The molecule has 0 radical (unpaired) electrons. The molecule has 5 heteroatoms. The highest BCUT2D eigenvalue weighted by Gasteiger charge is 2.22. The first-order valence-corrected chi connectivity index (χ1v) is 3.24. The van der Waals surface area contributed by atoms with E-state index in [0.29, 0.717) is 0 Å². The molecule has 2 N–H and O–H groups in total. The summed E-state index contributed by atoms with van der Waals surface area (Å²) in [6.45, 7) is 1.15. The van der Waals surface area contributed by atoms with Crippen molar-refractivity contribution in [1.82, 2.24) is 9.97 Å². The Kier molecular flexibility index (Phi) is 2.02. The zero-order valence-corrected chi connectivity index (χ0v) is 6.45. The Labute approximate surface area is 68.9 Å². The van der Waals surface area contributed by atoms with Crippen LogP contribution in [0.5, 0.6) is 0 Å². The summed E-state index contributed by atoms with van der Waals surface area (Å²) in [5.41, 5.74) is 5.35. The molecule has 1 heterocycles. The molecule has 0 saturated carbocycles. The number of rotatable bonds is 1. The first kappa shape index (κ1) is 8.56. The van der Waals surface area contributed by atoms with E-state index in [0.717, 1.165) is 6.92 Å². The first-order chi connectivity index (χ1) is 5.54. The van der Waals surface area contributed by atoms with E-state index in [9.17, 15) is 4.39 Å². The van der Waals surface area contributed by atoms with Crippen molar-refractivity contribution in [2.45, 2.75) is 12.7 Å². The second kappa shape index (κ2) is 2.83. The number of hydrogen-bond donors (Lipinski definition) is 1. The molecule has 0 amide bonds. The lowest BCUT2D eigenvalue weighted by Crippen LogP contribution is -2.29. The molecule has 4 nitrogen and oxygen atoms in total. The maximum Gasteiger partial charge on any atom is 0.216 e. The number of halogens is 1. The van der Waals surface area contributed by atoms with Crippen LogP contribution in [0.2, 0.25) is 0 Å². The van der Waals surface area contributed by atoms with Gasteiger partial charge < -0.3 is 0 Å². The molecule has 0 aliphatic heterocycles. The van der Waals surface area contributed by atoms with E-state index in [2.05, 4.69) is 9.97 Å². The van der Waals surface area contributed by atoms with Crippen molar-refractivity contribution in [1.29, 1.82) is 5.26 Å². The Morgan fingerprint density at radius 3 is 2.42 bits per heavy atom. The van der Waals surface area contributed by atoms with Crippen molar-refractivity contribution in [3.05, 3.63) is 23.8 Å². The van der Waals surface area contributed by atoms with Gasteiger partial charge in [-0.3, -0.25) is 5.73 Å². The van der Waals surface area contributed by atoms with Gasteiger partial charge >= 0.3 is 0 Å². The zero-order valence-electron chi connectivity index (χ0n) is 6.45. The molecule has 1 aromatic heterocycles. The van der Waals surface area contributed by atoms with Crippen LogP contribution in [0.15, 0.2) is 12.4 Å². The highest BCUT2D eigenvalue weighted by atomic mass is 19.1. The van der Waals surface area contributed by atoms with E-state index in [1.807, 2.05) is 6.07 Å². The Morgan fingerprint density at radius 2 is 2.08 bits per heavy atom. The van der Waals surface area contributed by atoms with Crippen LogP contribution >= 0.6 is 0 Å². The van der Waals surface area contributed by atoms with Crippen molar-refractivity contribution >= 4 is 0 Å². The standard InChI is InChI=1S/C7H7FN4/c1-7(8,10)6-11-3-5(2-9)4-12-6/h3-4H,10H2,1H3. The first-order valence-electron chi connectivity index (χ1n) is 3.24. The van der Waals surface area contributed by atoms with E-state index < -0.39 is 5.79 Å². The molecule has 12 heavy (non-hydrogen) atoms. The molecule has 1 unspecified atom stereocenters. The number of aromatic nitrogens is 2. The summed E-state index contributed by atoms with van der Waals surface area (Å²) in [5, 5.41) is 8.38. The molecule has 0 bridgehead atoms. The van der Waals surface area contributed by atoms with Gasteiger partial charge in [-0.1, -0.05) is 0 Å². The molecule has 0 aliphatic rings. The number of hydrogen-bond acceptors (Lipinski definition) is 4. The van der Waals surface area contributed by atoms with E-state index in [-0.39, 0.29) is 11.4 Å². The summed E-state index contributed by atoms with van der Waals surface area (Å²) in [6, 6.07) is 1.82. The summed E-state index contributed by atoms with van der Waals surface area (Å²) in [7, 11) is 0. The smallest absolute Gasteiger partial charge is 0.216 e. The lowest BCUT2D eigenvalue weighted by molar-refractivity contribution is 0.188. The van der Waals surface area contributed by atoms with Crippen LogP contribution in [-0.4, -0.2) is 9.97 Å². The highest BCUT2D eigenvalue weighted by Crippen LogP contribution is 2.12. The second-order valence-corrected chi connectivity index (χ2v) is 2.48. The van der Waals surface area contributed by atoms with Crippen molar-refractivity contribution in [2.24, 2.45) is 5.73 Å². The van der Waals surface area contributed by atoms with Crippen LogP contribution < -0.4 is 5.73 Å². The number of nitrogens with zero attached hydrogens (tertiary/aromatic N) is 3. The second-order valence-electron chi connectivity index (χ2n) is 2.48. The molecule has 1 aromatic rings. The van der Waals surface area contributed by atoms with Crippen molar-refractivity contribution in [3.8, 4) is 6.07 Å². The number of nitriles is 1. The van der Waals surface area contributed by atoms with E-state index >= 15 is 0 Å². The van der Waals surface area contributed by atoms with Gasteiger partial charge in [0.05, 0.1) is 5.56 Å². The summed E-state index contributed by atoms with van der Waals surface area (Å²) in [6.07, 6.45) is 2.46. The largest absolute Gasteiger partial charge is 0.293 e. The third kappa shape index (κ3) is 1.74. The number of nitrogens with two attached hydrogens (primary N) is 1. The average Bonchev–Trinajstić information content (AvgIpc) is 2.03. The van der Waals surface area contributed by atoms with Crippen LogP contribution in [0.3, 0.4) is 0 Å². The molecule has 62 valence electrons. The SMILES string of the molecule is CC(N)(F)c1ncc(C#N)cn1. The van der Waals surface area contributed by atoms with Gasteiger partial charge in [-0.05, 0) is 6.92 Å². The van der Waals surface area contributed by atoms with Crippen molar-refractivity contribution in [2.75, 3.05) is 0 Å². The minimum absolute atomic E-state index is 0.124. The normalized spacial score (nSPS) is 14.8. The third-order valence-electron chi connectivity index (χ3n) is 1.22. The molecule has 0 aromatic carbocycles. The Hall–Kier alpha value is -1.54. The Bertz CT molecular complexity index is 306. The molecule has 0 aliphatic carbocycles. The quantitative estimate of drug-likeness (QED) is 0.614. The molecular formula is C7H7FN4. The molecule has 0 spiro atoms. The summed E-state index contributed by atoms with van der Waals surface area (Å²) in [4.78, 5) is 7.17. The number of alkyl halides is 1. The summed E-state index contributed by atoms with van der Waals surface area (Å²) < 4.78 is 12.9. The third-order valence-corrected chi connectivity index (χ3v) is 1.22. The van der Waals surface area contributed by atoms with Crippen LogP contribution in [0, 0.1) is 11.3 Å². The van der Waals surface area contributed by atoms with Gasteiger partial charge in [0.15, 0.2) is 5.82 Å². The van der Waals surface area contributed by atoms with Crippen LogP contribution in [-0.2, 0) is 5.79 Å². The van der Waals surface area contributed by atoms with Gasteiger partial charge in [0.2, 0.25) is 5.79 Å². The van der Waals surface area contributed by atoms with E-state index in [1.165, 1.54) is 12.4 Å². The average molecular weight is 166 g/mol. The molecule has 0 fully saturated rings. The van der Waals surface area contributed by atoms with Gasteiger partial charge in [-0.15, -0.1) is 0 Å². The predicted molar refractivity (Wildman–Crippen MR) is 39.4 cm³/mol. The monoisotopic (exact) mass is 166 g/mol. The fourth-order valence-corrected chi connectivity index (χ4v) is 0.638. The lowest BCUT2D eigenvalue weighted by Gasteiger charge is -2.10. The van der Waals surface area contributed by atoms with Crippen LogP contribution in [0.1, 0.15) is 18.3 Å². The van der Waals surface area contributed by atoms with Crippen molar-refractivity contribution < 1.29 is 4.39 Å². The van der Waals surface area contributed by atoms with Gasteiger partial charge in [0, 0.05) is 12.4 Å². The van der Waals surface area contributed by atoms with Crippen LogP contribution in [0.25, 0.3) is 0 Å². The topological polar surface area (TPSA) is 75.6 Å². The van der Waals surface area contributed by atoms with Crippen LogP contribution in [0.4, 0.5) is 4.39 Å². The summed E-state index contributed by atoms with van der Waals surface area (Å²) >= 11 is 0. The fourth-order valence-electron chi connectivity index (χ4n) is 0.638. The zero-order chi connectivity index (χ0) is 9.19. The minimum Gasteiger partial charge on any atom is -0.293 e. The molecule has 1 rings (SSSR count). The summed E-state index contributed by atoms with van der Waals surface area (Å²) in [5.74, 6) is -2.17. The van der Waals surface area contributed by atoms with Gasteiger partial charge in [0.1, 0.15) is 6.07 Å². The van der Waals surface area contributed by atoms with Gasteiger partial charge in [-0.25, -0.2) is 14.4 Å². The maximum atomic E-state index is 12.9.